The van der Waals surface area contributed by atoms with Crippen molar-refractivity contribution < 1.29 is 48.1 Å². The summed E-state index contributed by atoms with van der Waals surface area (Å²) in [6, 6.07) is 14.3. The largest absolute Gasteiger partial charge is 1.00 e. The molecule has 0 radical (unpaired) electrons. The third kappa shape index (κ3) is 16.7. The van der Waals surface area contributed by atoms with E-state index in [0.717, 1.165) is 0 Å². The summed E-state index contributed by atoms with van der Waals surface area (Å²) >= 11 is 1.79. The molecule has 0 saturated carbocycles. The van der Waals surface area contributed by atoms with Crippen LogP contribution in [0.15, 0.2) is 36.4 Å². The molecular formula is C18H28Cl2SiZr-2. The molecular weight excluding hydrogens is 406 g/mol. The van der Waals surface area contributed by atoms with Crippen molar-refractivity contribution in [3.63, 3.8) is 0 Å². The smallest absolute Gasteiger partial charge is 0.0635 e. The summed E-state index contributed by atoms with van der Waals surface area (Å²) in [6.07, 6.45) is 1.40. The second kappa shape index (κ2) is 16.2. The molecule has 2 aromatic carbocycles. The van der Waals surface area contributed by atoms with Gasteiger partial charge in [-0.3, -0.25) is 0 Å². The second-order valence-corrected chi connectivity index (χ2v) is 13.8. The summed E-state index contributed by atoms with van der Waals surface area (Å²) < 4.78 is 0. The molecule has 0 aliphatic carbocycles. The standard InChI is InChI=1S/2C7H9.C4H10Si.2ClH.Zr/c2*1-6-3-4-7(2)5-6;1-3-4-5-2;;;/h2*3-5H,1-2H3;3-4H2,1-2H3;2*1H;/q2*-1;;;;+2/p-2. The topological polar surface area (TPSA) is 0 Å². The van der Waals surface area contributed by atoms with Crippen LogP contribution in [0.2, 0.25) is 12.6 Å². The Hall–Kier alpha value is 0.380. The summed E-state index contributed by atoms with van der Waals surface area (Å²) in [7, 11) is 0. The molecule has 0 amide bonds. The zero-order valence-corrected chi connectivity index (χ0v) is 19.6. The number of hydrogen-bond acceptors (Lipinski definition) is 0. The van der Waals surface area contributed by atoms with E-state index in [2.05, 4.69) is 77.6 Å². The first kappa shape index (κ1) is 27.2. The zero-order valence-electron chi connectivity index (χ0n) is 14.6. The molecule has 0 atom stereocenters. The van der Waals surface area contributed by atoms with Crippen LogP contribution >= 0.6 is 0 Å². The van der Waals surface area contributed by atoms with Gasteiger partial charge in [-0.25, -0.2) is 23.3 Å². The van der Waals surface area contributed by atoms with E-state index in [1.165, 1.54) is 34.7 Å². The van der Waals surface area contributed by atoms with Crippen LogP contribution < -0.4 is 24.8 Å². The van der Waals surface area contributed by atoms with Crippen LogP contribution in [-0.4, -0.2) is 5.43 Å². The number of rotatable bonds is 2. The Morgan fingerprint density at radius 3 is 1.32 bits per heavy atom. The van der Waals surface area contributed by atoms with Crippen LogP contribution in [0.4, 0.5) is 0 Å². The van der Waals surface area contributed by atoms with Crippen LogP contribution in [0.3, 0.4) is 0 Å². The van der Waals surface area contributed by atoms with Gasteiger partial charge in [0.05, 0.1) is 0 Å². The minimum atomic E-state index is 0. The number of aryl methyl sites for hydroxylation is 4. The van der Waals surface area contributed by atoms with Crippen molar-refractivity contribution in [1.29, 1.82) is 0 Å². The fourth-order valence-corrected chi connectivity index (χ4v) is 4.40. The molecule has 0 aliphatic rings. The molecule has 0 spiro atoms. The van der Waals surface area contributed by atoms with Gasteiger partial charge in [-0.15, -0.1) is 0 Å². The maximum Gasteiger partial charge on any atom is -0.0635 e. The van der Waals surface area contributed by atoms with Gasteiger partial charge in [-0.2, -0.15) is 35.4 Å². The van der Waals surface area contributed by atoms with Crippen LogP contribution in [0.1, 0.15) is 35.6 Å². The number of hydrogen-bond donors (Lipinski definition) is 0. The van der Waals surface area contributed by atoms with E-state index in [1.54, 1.807) is 23.3 Å². The van der Waals surface area contributed by atoms with Gasteiger partial charge in [0.25, 0.3) is 0 Å². The van der Waals surface area contributed by atoms with Crippen molar-refractivity contribution >= 4 is 5.43 Å². The summed E-state index contributed by atoms with van der Waals surface area (Å²) in [5.74, 6) is 0. The first-order chi connectivity index (χ1) is 9.35. The van der Waals surface area contributed by atoms with Gasteiger partial charge in [-0.1, -0.05) is 27.7 Å². The minimum Gasteiger partial charge on any atom is -1.00 e. The fourth-order valence-electron chi connectivity index (χ4n) is 1.81. The molecule has 2 rings (SSSR count). The van der Waals surface area contributed by atoms with Gasteiger partial charge in [-0.05, 0) is 0 Å². The molecule has 0 bridgehead atoms. The van der Waals surface area contributed by atoms with E-state index in [9.17, 15) is 0 Å². The first-order valence-electron chi connectivity index (χ1n) is 7.29. The Morgan fingerprint density at radius 2 is 1.27 bits per heavy atom. The molecule has 0 aromatic heterocycles. The Morgan fingerprint density at radius 1 is 0.909 bits per heavy atom. The van der Waals surface area contributed by atoms with Crippen molar-refractivity contribution in [3.05, 3.63) is 58.7 Å². The van der Waals surface area contributed by atoms with Gasteiger partial charge < -0.3 is 24.8 Å². The summed E-state index contributed by atoms with van der Waals surface area (Å²) in [4.78, 5) is 0. The molecule has 124 valence electrons. The third-order valence-electron chi connectivity index (χ3n) is 2.75. The molecule has 2 aromatic rings. The minimum absolute atomic E-state index is 0. The molecule has 0 aliphatic heterocycles. The summed E-state index contributed by atoms with van der Waals surface area (Å²) in [5.41, 5.74) is 5.64. The van der Waals surface area contributed by atoms with Crippen LogP contribution in [0.5, 0.6) is 0 Å². The predicted octanol–water partition coefficient (Wildman–Crippen LogP) is -0.383. The average molecular weight is 435 g/mol. The molecule has 0 N–H and O–H groups in total. The van der Waals surface area contributed by atoms with E-state index in [-0.39, 0.29) is 30.2 Å². The van der Waals surface area contributed by atoms with E-state index < -0.39 is 0 Å². The molecule has 4 heteroatoms. The Labute approximate surface area is 165 Å². The van der Waals surface area contributed by atoms with Crippen LogP contribution in [-0.2, 0) is 23.3 Å². The maximum atomic E-state index is 2.40. The third-order valence-corrected chi connectivity index (χ3v) is 5.85. The fraction of sp³-hybridized carbons (Fsp3) is 0.444. The van der Waals surface area contributed by atoms with E-state index in [0.29, 0.717) is 0 Å². The summed E-state index contributed by atoms with van der Waals surface area (Å²) in [5, 5.41) is 0. The Bertz CT molecular complexity index is 429. The van der Waals surface area contributed by atoms with E-state index >= 15 is 0 Å². The van der Waals surface area contributed by atoms with Gasteiger partial charge in [0.1, 0.15) is 0 Å². The zero-order chi connectivity index (χ0) is 15.5. The van der Waals surface area contributed by atoms with Crippen molar-refractivity contribution in [2.45, 2.75) is 53.6 Å². The normalized spacial score (nSPS) is 8.36. The predicted molar refractivity (Wildman–Crippen MR) is 89.7 cm³/mol. The number of halogens is 2. The average Bonchev–Trinajstić information content (AvgIpc) is 2.89. The SMILES string of the molecule is CCC[Si](C)=[Zr+2].Cc1c[cH-]c(C)c1.Cc1c[cH-]c(C)c1.[Cl-].[Cl-]. The first-order valence-corrected chi connectivity index (χ1v) is 13.2. The second-order valence-electron chi connectivity index (χ2n) is 5.46. The molecule has 0 nitrogen and oxygen atoms in total. The quantitative estimate of drug-likeness (QED) is 0.447. The van der Waals surface area contributed by atoms with Crippen LogP contribution in [0, 0.1) is 27.7 Å². The van der Waals surface area contributed by atoms with E-state index in [4.69, 9.17) is 0 Å². The maximum absolute atomic E-state index is 2.40. The van der Waals surface area contributed by atoms with Crippen molar-refractivity contribution in [2.24, 2.45) is 0 Å². The summed E-state index contributed by atoms with van der Waals surface area (Å²) in [6.45, 7) is 13.1. The van der Waals surface area contributed by atoms with Crippen LogP contribution in [0.25, 0.3) is 0 Å². The van der Waals surface area contributed by atoms with E-state index in [1.807, 2.05) is 0 Å². The monoisotopic (exact) mass is 432 g/mol. The van der Waals surface area contributed by atoms with Crippen molar-refractivity contribution in [1.82, 2.24) is 0 Å². The molecule has 0 heterocycles. The Balaban J connectivity index is -0.000000237. The molecule has 0 saturated heterocycles. The molecule has 22 heavy (non-hydrogen) atoms. The van der Waals surface area contributed by atoms with Crippen molar-refractivity contribution in [3.8, 4) is 0 Å². The molecule has 0 unspecified atom stereocenters. The Kier molecular flexibility index (Phi) is 20.1. The van der Waals surface area contributed by atoms with Gasteiger partial charge in [0.2, 0.25) is 0 Å². The van der Waals surface area contributed by atoms with Gasteiger partial charge in [0, 0.05) is 0 Å². The van der Waals surface area contributed by atoms with Gasteiger partial charge >= 0.3 is 54.7 Å². The van der Waals surface area contributed by atoms with Gasteiger partial charge in [0.15, 0.2) is 0 Å². The van der Waals surface area contributed by atoms with Crippen molar-refractivity contribution in [2.75, 3.05) is 0 Å². The molecule has 0 fully saturated rings.